The Bertz CT molecular complexity index is 1060. The third-order valence-electron chi connectivity index (χ3n) is 5.32. The summed E-state index contributed by atoms with van der Waals surface area (Å²) in [6, 6.07) is 13.9. The van der Waals surface area contributed by atoms with Gasteiger partial charge in [-0.1, -0.05) is 31.2 Å². The maximum atomic E-state index is 12.1. The number of carbonyl (C=O) groups excluding carboxylic acids is 1. The van der Waals surface area contributed by atoms with Crippen molar-refractivity contribution in [1.82, 2.24) is 14.9 Å². The number of aromatic nitrogens is 2. The third-order valence-corrected chi connectivity index (χ3v) is 5.32. The average molecular weight is 436 g/mol. The van der Waals surface area contributed by atoms with Crippen molar-refractivity contribution in [3.8, 4) is 11.5 Å². The van der Waals surface area contributed by atoms with Crippen LogP contribution in [-0.2, 0) is 17.8 Å². The molecule has 1 aromatic heterocycles. The molecule has 0 saturated carbocycles. The number of ether oxygens (including phenoxy) is 2. The summed E-state index contributed by atoms with van der Waals surface area (Å²) in [5.74, 6) is 2.37. The molecule has 0 saturated heterocycles. The van der Waals surface area contributed by atoms with Crippen molar-refractivity contribution in [1.29, 1.82) is 0 Å². The van der Waals surface area contributed by atoms with E-state index in [2.05, 4.69) is 22.5 Å². The van der Waals surface area contributed by atoms with Gasteiger partial charge in [0.15, 0.2) is 11.5 Å². The minimum atomic E-state index is -0.167. The van der Waals surface area contributed by atoms with Crippen LogP contribution in [0.1, 0.15) is 50.5 Å². The zero-order valence-corrected chi connectivity index (χ0v) is 19.3. The van der Waals surface area contributed by atoms with Gasteiger partial charge in [0.1, 0.15) is 5.82 Å². The number of aryl methyl sites for hydroxylation is 1. The van der Waals surface area contributed by atoms with E-state index in [4.69, 9.17) is 14.5 Å². The second kappa shape index (κ2) is 11.4. The van der Waals surface area contributed by atoms with Crippen molar-refractivity contribution in [3.63, 3.8) is 0 Å². The van der Waals surface area contributed by atoms with Crippen LogP contribution in [0.2, 0.25) is 0 Å². The summed E-state index contributed by atoms with van der Waals surface area (Å²) >= 11 is 0. The Morgan fingerprint density at radius 1 is 1.25 bits per heavy atom. The average Bonchev–Trinajstić information content (AvgIpc) is 3.16. The number of methoxy groups -OCH3 is 1. The first kappa shape index (κ1) is 23.4. The number of carbonyl (C=O) groups is 1. The van der Waals surface area contributed by atoms with Crippen LogP contribution in [0.4, 0.5) is 0 Å². The molecule has 0 aliphatic heterocycles. The molecule has 0 aliphatic carbocycles. The number of rotatable bonds is 12. The van der Waals surface area contributed by atoms with Crippen molar-refractivity contribution >= 4 is 16.9 Å². The number of para-hydroxylation sites is 2. The molecule has 1 unspecified atom stereocenters. The summed E-state index contributed by atoms with van der Waals surface area (Å²) in [5.41, 5.74) is 3.13. The van der Waals surface area contributed by atoms with E-state index in [1.807, 2.05) is 56.3 Å². The van der Waals surface area contributed by atoms with Gasteiger partial charge in [-0.2, -0.15) is 0 Å². The Hall–Kier alpha value is -3.28. The maximum Gasteiger partial charge on any atom is 0.220 e. The summed E-state index contributed by atoms with van der Waals surface area (Å²) in [5, 5.41) is 3.07. The molecule has 0 spiro atoms. The summed E-state index contributed by atoms with van der Waals surface area (Å²) in [6.45, 7) is 9.05. The molecule has 0 aliphatic rings. The Kier molecular flexibility index (Phi) is 8.31. The summed E-state index contributed by atoms with van der Waals surface area (Å²) in [4.78, 5) is 16.9. The molecule has 1 atom stereocenters. The van der Waals surface area contributed by atoms with Crippen LogP contribution in [0.25, 0.3) is 11.0 Å². The lowest BCUT2D eigenvalue weighted by atomic mass is 10.1. The lowest BCUT2D eigenvalue weighted by Crippen LogP contribution is -2.28. The van der Waals surface area contributed by atoms with E-state index >= 15 is 0 Å². The van der Waals surface area contributed by atoms with Gasteiger partial charge < -0.3 is 19.4 Å². The molecular formula is C26H33N3O3. The molecule has 0 bridgehead atoms. The van der Waals surface area contributed by atoms with Gasteiger partial charge >= 0.3 is 0 Å². The Morgan fingerprint density at radius 3 is 2.81 bits per heavy atom. The molecule has 6 heteroatoms. The van der Waals surface area contributed by atoms with E-state index in [-0.39, 0.29) is 11.9 Å². The largest absolute Gasteiger partial charge is 0.493 e. The lowest BCUT2D eigenvalue weighted by Gasteiger charge is -2.17. The van der Waals surface area contributed by atoms with Crippen LogP contribution in [0.15, 0.2) is 55.1 Å². The molecule has 2 aromatic carbocycles. The number of benzene rings is 2. The zero-order chi connectivity index (χ0) is 22.9. The fourth-order valence-electron chi connectivity index (χ4n) is 3.79. The number of fused-ring (bicyclic) bond motifs is 1. The smallest absolute Gasteiger partial charge is 0.220 e. The molecule has 170 valence electrons. The highest BCUT2D eigenvalue weighted by atomic mass is 16.5. The van der Waals surface area contributed by atoms with Crippen LogP contribution in [0.5, 0.6) is 11.5 Å². The van der Waals surface area contributed by atoms with Gasteiger partial charge in [0, 0.05) is 13.0 Å². The second-order valence-electron chi connectivity index (χ2n) is 7.83. The first-order valence-corrected chi connectivity index (χ1v) is 11.2. The Morgan fingerprint density at radius 2 is 2.06 bits per heavy atom. The van der Waals surface area contributed by atoms with E-state index < -0.39 is 0 Å². The standard InChI is InChI=1S/C26H33N3O3/c1-5-10-20-14-15-23(24(18-20)31-4)32-17-9-16-29-22-13-8-7-12-21(22)28-26(29)19(3)27-25(30)11-6-2/h5,7-8,12-15,18-19H,1,6,9-11,16-17H2,2-4H3,(H,27,30). The fraction of sp³-hybridized carbons (Fsp3) is 0.385. The molecular weight excluding hydrogens is 402 g/mol. The van der Waals surface area contributed by atoms with Crippen molar-refractivity contribution in [2.45, 2.75) is 52.1 Å². The summed E-state index contributed by atoms with van der Waals surface area (Å²) in [6.07, 6.45) is 4.80. The molecule has 6 nitrogen and oxygen atoms in total. The van der Waals surface area contributed by atoms with Gasteiger partial charge in [0.2, 0.25) is 5.91 Å². The minimum Gasteiger partial charge on any atom is -0.493 e. The normalized spacial score (nSPS) is 11.8. The lowest BCUT2D eigenvalue weighted by molar-refractivity contribution is -0.121. The summed E-state index contributed by atoms with van der Waals surface area (Å²) in [7, 11) is 1.65. The van der Waals surface area contributed by atoms with Crippen LogP contribution in [0.3, 0.4) is 0 Å². The molecule has 1 heterocycles. The third kappa shape index (κ3) is 5.69. The molecule has 3 aromatic rings. The quantitative estimate of drug-likeness (QED) is 0.313. The Labute approximate surface area is 190 Å². The highest BCUT2D eigenvalue weighted by Gasteiger charge is 2.18. The summed E-state index contributed by atoms with van der Waals surface area (Å²) < 4.78 is 13.7. The Balaban J connectivity index is 1.69. The first-order chi connectivity index (χ1) is 15.6. The van der Waals surface area contributed by atoms with Crippen molar-refractivity contribution in [3.05, 3.63) is 66.5 Å². The molecule has 3 rings (SSSR count). The van der Waals surface area contributed by atoms with Crippen molar-refractivity contribution < 1.29 is 14.3 Å². The number of imidazole rings is 1. The van der Waals surface area contributed by atoms with Crippen LogP contribution < -0.4 is 14.8 Å². The number of nitrogens with one attached hydrogen (secondary N) is 1. The highest BCUT2D eigenvalue weighted by molar-refractivity contribution is 5.78. The number of nitrogens with zero attached hydrogens (tertiary/aromatic N) is 2. The predicted octanol–water partition coefficient (Wildman–Crippen LogP) is 5.22. The maximum absolute atomic E-state index is 12.1. The van der Waals surface area contributed by atoms with E-state index in [9.17, 15) is 4.79 Å². The van der Waals surface area contributed by atoms with E-state index in [0.29, 0.717) is 13.0 Å². The monoisotopic (exact) mass is 435 g/mol. The molecule has 0 fully saturated rings. The van der Waals surface area contributed by atoms with Crippen molar-refractivity contribution in [2.24, 2.45) is 0 Å². The zero-order valence-electron chi connectivity index (χ0n) is 19.3. The topological polar surface area (TPSA) is 65.4 Å². The molecule has 1 N–H and O–H groups in total. The van der Waals surface area contributed by atoms with Crippen molar-refractivity contribution in [2.75, 3.05) is 13.7 Å². The van der Waals surface area contributed by atoms with Gasteiger partial charge in [-0.25, -0.2) is 4.98 Å². The molecule has 1 amide bonds. The van der Waals surface area contributed by atoms with Crippen LogP contribution in [-0.4, -0.2) is 29.2 Å². The van der Waals surface area contributed by atoms with E-state index in [1.54, 1.807) is 7.11 Å². The van der Waals surface area contributed by atoms with Gasteiger partial charge in [-0.05, 0) is 56.0 Å². The van der Waals surface area contributed by atoms with E-state index in [0.717, 1.165) is 59.7 Å². The number of hydrogen-bond acceptors (Lipinski definition) is 4. The second-order valence-corrected chi connectivity index (χ2v) is 7.83. The van der Waals surface area contributed by atoms with Gasteiger partial charge in [-0.3, -0.25) is 4.79 Å². The van der Waals surface area contributed by atoms with Gasteiger partial charge in [0.25, 0.3) is 0 Å². The predicted molar refractivity (Wildman–Crippen MR) is 128 cm³/mol. The van der Waals surface area contributed by atoms with Crippen LogP contribution in [0, 0.1) is 0 Å². The SMILES string of the molecule is C=CCc1ccc(OCCCn2c(C(C)NC(=O)CCC)nc3ccccc32)c(OC)c1. The van der Waals surface area contributed by atoms with E-state index in [1.165, 1.54) is 0 Å². The number of amides is 1. The molecule has 0 radical (unpaired) electrons. The minimum absolute atomic E-state index is 0.0499. The highest BCUT2D eigenvalue weighted by Crippen LogP contribution is 2.29. The van der Waals surface area contributed by atoms with Crippen LogP contribution >= 0.6 is 0 Å². The van der Waals surface area contributed by atoms with Gasteiger partial charge in [-0.15, -0.1) is 6.58 Å². The number of allylic oxidation sites excluding steroid dienone is 1. The number of hydrogen-bond donors (Lipinski definition) is 1. The molecule has 32 heavy (non-hydrogen) atoms. The first-order valence-electron chi connectivity index (χ1n) is 11.2. The van der Waals surface area contributed by atoms with Gasteiger partial charge in [0.05, 0.1) is 30.8 Å². The fourth-order valence-corrected chi connectivity index (χ4v) is 3.79.